The van der Waals surface area contributed by atoms with Crippen LogP contribution < -0.4 is 5.32 Å². The lowest BCUT2D eigenvalue weighted by atomic mass is 10.2. The van der Waals surface area contributed by atoms with E-state index in [1.165, 1.54) is 0 Å². The van der Waals surface area contributed by atoms with Crippen LogP contribution in [0.3, 0.4) is 0 Å². The summed E-state index contributed by atoms with van der Waals surface area (Å²) < 4.78 is 0. The van der Waals surface area contributed by atoms with Crippen molar-refractivity contribution in [3.63, 3.8) is 0 Å². The van der Waals surface area contributed by atoms with E-state index in [0.29, 0.717) is 5.82 Å². The number of aryl methyl sites for hydroxylation is 2. The smallest absolute Gasteiger partial charge is 0.196 e. The lowest BCUT2D eigenvalue weighted by Crippen LogP contribution is -2.09. The molecule has 0 fully saturated rings. The van der Waals surface area contributed by atoms with Gasteiger partial charge in [-0.2, -0.15) is 5.21 Å². The van der Waals surface area contributed by atoms with Crippen LogP contribution in [0.2, 0.25) is 0 Å². The number of nitrogens with zero attached hydrogens (tertiary/aromatic N) is 4. The predicted octanol–water partition coefficient (Wildman–Crippen LogP) is 1.38. The van der Waals surface area contributed by atoms with Gasteiger partial charge in [-0.3, -0.25) is 4.98 Å². The van der Waals surface area contributed by atoms with Crippen molar-refractivity contribution in [2.45, 2.75) is 26.8 Å². The maximum absolute atomic E-state index is 4.31. The van der Waals surface area contributed by atoms with Crippen molar-refractivity contribution in [1.29, 1.82) is 0 Å². The van der Waals surface area contributed by atoms with Crippen LogP contribution in [-0.4, -0.2) is 25.6 Å². The molecule has 0 saturated heterocycles. The zero-order valence-electron chi connectivity index (χ0n) is 9.52. The number of anilines is 1. The summed E-state index contributed by atoms with van der Waals surface area (Å²) in [7, 11) is 0. The highest BCUT2D eigenvalue weighted by atomic mass is 15.5. The van der Waals surface area contributed by atoms with E-state index >= 15 is 0 Å². The minimum Gasteiger partial charge on any atom is -0.375 e. The van der Waals surface area contributed by atoms with Gasteiger partial charge in [0.15, 0.2) is 5.82 Å². The van der Waals surface area contributed by atoms with E-state index in [-0.39, 0.29) is 6.04 Å². The molecule has 16 heavy (non-hydrogen) atoms. The Bertz CT molecular complexity index is 444. The fourth-order valence-electron chi connectivity index (χ4n) is 1.59. The number of aromatic nitrogens is 5. The maximum Gasteiger partial charge on any atom is 0.196 e. The normalized spacial score (nSPS) is 12.4. The Labute approximate surface area is 93.5 Å². The molecule has 6 nitrogen and oxygen atoms in total. The number of tetrazole rings is 1. The largest absolute Gasteiger partial charge is 0.375 e. The van der Waals surface area contributed by atoms with Gasteiger partial charge in [0.05, 0.1) is 6.04 Å². The Morgan fingerprint density at radius 1 is 1.25 bits per heavy atom. The van der Waals surface area contributed by atoms with Crippen LogP contribution in [0.25, 0.3) is 0 Å². The predicted molar refractivity (Wildman–Crippen MR) is 59.9 cm³/mol. The molecule has 0 saturated carbocycles. The first-order chi connectivity index (χ1) is 7.65. The first-order valence-corrected chi connectivity index (χ1v) is 5.10. The number of nitrogens with one attached hydrogen (secondary N) is 2. The molecule has 2 N–H and O–H groups in total. The van der Waals surface area contributed by atoms with Crippen LogP contribution in [-0.2, 0) is 0 Å². The van der Waals surface area contributed by atoms with Gasteiger partial charge in [0.25, 0.3) is 0 Å². The van der Waals surface area contributed by atoms with Gasteiger partial charge in [-0.1, -0.05) is 5.21 Å². The topological polar surface area (TPSA) is 79.4 Å². The highest BCUT2D eigenvalue weighted by Gasteiger charge is 2.10. The van der Waals surface area contributed by atoms with Gasteiger partial charge in [-0.05, 0) is 32.9 Å². The minimum atomic E-state index is 0.0138. The molecule has 1 atom stereocenters. The van der Waals surface area contributed by atoms with E-state index in [2.05, 4.69) is 30.9 Å². The Hall–Kier alpha value is -1.98. The molecular formula is C10H14N6. The van der Waals surface area contributed by atoms with E-state index in [1.54, 1.807) is 0 Å². The second kappa shape index (κ2) is 4.26. The van der Waals surface area contributed by atoms with Crippen molar-refractivity contribution >= 4 is 5.69 Å². The fraction of sp³-hybridized carbons (Fsp3) is 0.400. The summed E-state index contributed by atoms with van der Waals surface area (Å²) in [5.74, 6) is 0.645. The van der Waals surface area contributed by atoms with Crippen LogP contribution in [0.15, 0.2) is 12.1 Å². The molecule has 2 heterocycles. The second-order valence-corrected chi connectivity index (χ2v) is 3.77. The molecule has 0 radical (unpaired) electrons. The fourth-order valence-corrected chi connectivity index (χ4v) is 1.59. The third-order valence-electron chi connectivity index (χ3n) is 2.21. The third kappa shape index (κ3) is 2.33. The molecular weight excluding hydrogens is 204 g/mol. The molecule has 0 bridgehead atoms. The molecule has 0 aliphatic heterocycles. The van der Waals surface area contributed by atoms with Crippen molar-refractivity contribution in [3.8, 4) is 0 Å². The highest BCUT2D eigenvalue weighted by Crippen LogP contribution is 2.16. The summed E-state index contributed by atoms with van der Waals surface area (Å²) in [6, 6.07) is 3.99. The van der Waals surface area contributed by atoms with Gasteiger partial charge in [0.2, 0.25) is 0 Å². The van der Waals surface area contributed by atoms with Gasteiger partial charge in [-0.25, -0.2) is 0 Å². The molecule has 2 rings (SSSR count). The zero-order valence-corrected chi connectivity index (χ0v) is 9.52. The Kier molecular flexibility index (Phi) is 2.80. The zero-order chi connectivity index (χ0) is 11.5. The molecule has 0 aliphatic carbocycles. The Morgan fingerprint density at radius 3 is 2.50 bits per heavy atom. The van der Waals surface area contributed by atoms with Crippen molar-refractivity contribution in [2.24, 2.45) is 0 Å². The molecule has 0 aromatic carbocycles. The van der Waals surface area contributed by atoms with Crippen molar-refractivity contribution < 1.29 is 0 Å². The number of pyridine rings is 1. The summed E-state index contributed by atoms with van der Waals surface area (Å²) >= 11 is 0. The molecule has 2 aromatic heterocycles. The van der Waals surface area contributed by atoms with E-state index in [4.69, 9.17) is 0 Å². The van der Waals surface area contributed by atoms with Gasteiger partial charge in [-0.15, -0.1) is 10.2 Å². The van der Waals surface area contributed by atoms with Crippen LogP contribution >= 0.6 is 0 Å². The van der Waals surface area contributed by atoms with Crippen molar-refractivity contribution in [3.05, 3.63) is 29.3 Å². The Morgan fingerprint density at radius 2 is 1.94 bits per heavy atom. The average molecular weight is 218 g/mol. The first kappa shape index (κ1) is 10.5. The van der Waals surface area contributed by atoms with Crippen LogP contribution in [0.4, 0.5) is 5.69 Å². The molecule has 84 valence electrons. The lowest BCUT2D eigenvalue weighted by molar-refractivity contribution is 0.792. The van der Waals surface area contributed by atoms with E-state index in [1.807, 2.05) is 32.9 Å². The SMILES string of the molecule is Cc1cc(NC(C)c2nn[nH]n2)cc(C)n1. The molecule has 6 heteroatoms. The number of hydrogen-bond donors (Lipinski definition) is 2. The molecule has 0 aliphatic rings. The van der Waals surface area contributed by atoms with Crippen molar-refractivity contribution in [1.82, 2.24) is 25.6 Å². The molecule has 0 spiro atoms. The number of H-pyrrole nitrogens is 1. The van der Waals surface area contributed by atoms with Gasteiger partial charge < -0.3 is 5.32 Å². The standard InChI is InChI=1S/C10H14N6/c1-6-4-9(5-7(2)11-6)12-8(3)10-13-15-16-14-10/h4-5,8H,1-3H3,(H,11,12)(H,13,14,15,16). The monoisotopic (exact) mass is 218 g/mol. The average Bonchev–Trinajstić information content (AvgIpc) is 2.68. The summed E-state index contributed by atoms with van der Waals surface area (Å²) in [4.78, 5) is 4.31. The summed E-state index contributed by atoms with van der Waals surface area (Å²) in [6.45, 7) is 5.92. The van der Waals surface area contributed by atoms with E-state index < -0.39 is 0 Å². The molecule has 0 amide bonds. The number of rotatable bonds is 3. The summed E-state index contributed by atoms with van der Waals surface area (Å²) in [6.07, 6.45) is 0. The second-order valence-electron chi connectivity index (χ2n) is 3.77. The quantitative estimate of drug-likeness (QED) is 0.813. The van der Waals surface area contributed by atoms with Gasteiger partial charge in [0.1, 0.15) is 0 Å². The van der Waals surface area contributed by atoms with E-state index in [0.717, 1.165) is 17.1 Å². The van der Waals surface area contributed by atoms with Gasteiger partial charge >= 0.3 is 0 Å². The number of aromatic amines is 1. The summed E-state index contributed by atoms with van der Waals surface area (Å²) in [5.41, 5.74) is 2.99. The Balaban J connectivity index is 2.15. The van der Waals surface area contributed by atoms with Crippen molar-refractivity contribution in [2.75, 3.05) is 5.32 Å². The third-order valence-corrected chi connectivity index (χ3v) is 2.21. The number of hydrogen-bond acceptors (Lipinski definition) is 5. The van der Waals surface area contributed by atoms with Gasteiger partial charge in [0, 0.05) is 17.1 Å². The van der Waals surface area contributed by atoms with Crippen LogP contribution in [0.1, 0.15) is 30.2 Å². The van der Waals surface area contributed by atoms with E-state index in [9.17, 15) is 0 Å². The van der Waals surface area contributed by atoms with Crippen LogP contribution in [0.5, 0.6) is 0 Å². The maximum atomic E-state index is 4.31. The first-order valence-electron chi connectivity index (χ1n) is 5.10. The minimum absolute atomic E-state index is 0.0138. The summed E-state index contributed by atoms with van der Waals surface area (Å²) in [5, 5.41) is 17.1. The molecule has 1 unspecified atom stereocenters. The molecule has 2 aromatic rings. The van der Waals surface area contributed by atoms with Crippen LogP contribution in [0, 0.1) is 13.8 Å². The lowest BCUT2D eigenvalue weighted by Gasteiger charge is -2.12. The highest BCUT2D eigenvalue weighted by molar-refractivity contribution is 5.46.